The zero-order valence-corrected chi connectivity index (χ0v) is 15.4. The summed E-state index contributed by atoms with van der Waals surface area (Å²) in [5, 5.41) is 0. The maximum Gasteiger partial charge on any atom is 0.416 e. The summed E-state index contributed by atoms with van der Waals surface area (Å²) in [6.07, 6.45) is -1.33. The summed E-state index contributed by atoms with van der Waals surface area (Å²) in [5.41, 5.74) is 0.973. The van der Waals surface area contributed by atoms with Crippen LogP contribution in [0.2, 0.25) is 0 Å². The largest absolute Gasteiger partial charge is 0.466 e. The zero-order valence-electron chi connectivity index (χ0n) is 15.4. The van der Waals surface area contributed by atoms with E-state index in [0.717, 1.165) is 23.5 Å². The average Bonchev–Trinajstić information content (AvgIpc) is 3.17. The standard InChI is InChI=1S/C20H20F3N3O2/c1-2-28-19(27)13-7-10-25(11-8-13)18-16-4-3-9-26(16)17-12-14(20(21,22)23)5-6-15(17)24-18/h3-6,9,12-13H,2,7-8,10-11H2,1H3. The van der Waals surface area contributed by atoms with Gasteiger partial charge in [0, 0.05) is 19.3 Å². The number of aromatic nitrogens is 2. The first-order valence-corrected chi connectivity index (χ1v) is 9.28. The van der Waals surface area contributed by atoms with Crippen LogP contribution in [0.15, 0.2) is 36.5 Å². The number of nitrogens with zero attached hydrogens (tertiary/aromatic N) is 3. The Morgan fingerprint density at radius 2 is 1.96 bits per heavy atom. The molecule has 0 aliphatic carbocycles. The van der Waals surface area contributed by atoms with Gasteiger partial charge in [-0.3, -0.25) is 4.79 Å². The van der Waals surface area contributed by atoms with E-state index in [-0.39, 0.29) is 11.9 Å². The lowest BCUT2D eigenvalue weighted by atomic mass is 9.97. The van der Waals surface area contributed by atoms with Crippen LogP contribution in [0.4, 0.5) is 19.0 Å². The van der Waals surface area contributed by atoms with Crippen molar-refractivity contribution in [2.24, 2.45) is 5.92 Å². The highest BCUT2D eigenvalue weighted by Gasteiger charge is 2.31. The van der Waals surface area contributed by atoms with Gasteiger partial charge in [-0.05, 0) is 50.1 Å². The first-order chi connectivity index (χ1) is 13.4. The summed E-state index contributed by atoms with van der Waals surface area (Å²) in [4.78, 5) is 18.7. The summed E-state index contributed by atoms with van der Waals surface area (Å²) in [6, 6.07) is 7.24. The molecule has 1 aliphatic rings. The highest BCUT2D eigenvalue weighted by atomic mass is 19.4. The van der Waals surface area contributed by atoms with Crippen LogP contribution in [0.5, 0.6) is 0 Å². The van der Waals surface area contributed by atoms with Crippen molar-refractivity contribution >= 4 is 28.3 Å². The van der Waals surface area contributed by atoms with Gasteiger partial charge in [0.1, 0.15) is 0 Å². The van der Waals surface area contributed by atoms with Crippen LogP contribution in [-0.2, 0) is 15.7 Å². The minimum absolute atomic E-state index is 0.117. The molecule has 0 atom stereocenters. The van der Waals surface area contributed by atoms with Crippen LogP contribution in [0.3, 0.4) is 0 Å². The summed E-state index contributed by atoms with van der Waals surface area (Å²) in [7, 11) is 0. The molecule has 28 heavy (non-hydrogen) atoms. The molecule has 1 aliphatic heterocycles. The molecule has 148 valence electrons. The summed E-state index contributed by atoms with van der Waals surface area (Å²) in [6.45, 7) is 3.45. The number of benzene rings is 1. The number of halogens is 3. The first-order valence-electron chi connectivity index (χ1n) is 9.28. The number of alkyl halides is 3. The number of piperidine rings is 1. The molecule has 0 bridgehead atoms. The molecule has 0 spiro atoms. The molecular weight excluding hydrogens is 371 g/mol. The quantitative estimate of drug-likeness (QED) is 0.625. The minimum atomic E-state index is -4.40. The third kappa shape index (κ3) is 3.27. The van der Waals surface area contributed by atoms with Crippen molar-refractivity contribution in [2.45, 2.75) is 25.9 Å². The van der Waals surface area contributed by atoms with Gasteiger partial charge >= 0.3 is 12.1 Å². The molecule has 0 amide bonds. The Morgan fingerprint density at radius 1 is 1.21 bits per heavy atom. The van der Waals surface area contributed by atoms with Crippen LogP contribution in [0.25, 0.3) is 16.6 Å². The van der Waals surface area contributed by atoms with Crippen molar-refractivity contribution in [1.82, 2.24) is 9.38 Å². The smallest absolute Gasteiger partial charge is 0.416 e. The number of esters is 1. The zero-order chi connectivity index (χ0) is 19.9. The molecule has 8 heteroatoms. The van der Waals surface area contributed by atoms with E-state index in [1.807, 2.05) is 6.07 Å². The summed E-state index contributed by atoms with van der Waals surface area (Å²) >= 11 is 0. The van der Waals surface area contributed by atoms with Crippen LogP contribution >= 0.6 is 0 Å². The Balaban J connectivity index is 1.69. The highest BCUT2D eigenvalue weighted by molar-refractivity contribution is 5.85. The van der Waals surface area contributed by atoms with Crippen molar-refractivity contribution in [3.05, 3.63) is 42.1 Å². The number of hydrogen-bond acceptors (Lipinski definition) is 4. The second-order valence-corrected chi connectivity index (χ2v) is 6.91. The fourth-order valence-corrected chi connectivity index (χ4v) is 3.75. The van der Waals surface area contributed by atoms with E-state index in [0.29, 0.717) is 43.6 Å². The lowest BCUT2D eigenvalue weighted by Crippen LogP contribution is -2.37. The molecule has 3 aromatic rings. The Morgan fingerprint density at radius 3 is 2.64 bits per heavy atom. The Hall–Kier alpha value is -2.77. The fourth-order valence-electron chi connectivity index (χ4n) is 3.75. The Kier molecular flexibility index (Phi) is 4.64. The van der Waals surface area contributed by atoms with Gasteiger partial charge in [0.05, 0.1) is 34.6 Å². The molecule has 5 nitrogen and oxygen atoms in total. The van der Waals surface area contributed by atoms with Gasteiger partial charge in [-0.25, -0.2) is 4.98 Å². The van der Waals surface area contributed by atoms with Gasteiger partial charge in [-0.1, -0.05) is 0 Å². The SMILES string of the molecule is CCOC(=O)C1CCN(c2nc3ccc(C(F)(F)F)cc3n3cccc23)CC1. The molecule has 3 heterocycles. The molecule has 4 rings (SSSR count). The predicted molar refractivity (Wildman–Crippen MR) is 99.3 cm³/mol. The van der Waals surface area contributed by atoms with Crippen molar-refractivity contribution in [1.29, 1.82) is 0 Å². The van der Waals surface area contributed by atoms with E-state index in [2.05, 4.69) is 9.88 Å². The summed E-state index contributed by atoms with van der Waals surface area (Å²) < 4.78 is 46.1. The Bertz CT molecular complexity index is 1020. The number of ether oxygens (including phenoxy) is 1. The summed E-state index contributed by atoms with van der Waals surface area (Å²) in [5.74, 6) is 0.439. The van der Waals surface area contributed by atoms with Gasteiger partial charge in [0.15, 0.2) is 5.82 Å². The van der Waals surface area contributed by atoms with Crippen molar-refractivity contribution in [3.8, 4) is 0 Å². The third-order valence-electron chi connectivity index (χ3n) is 5.18. The highest BCUT2D eigenvalue weighted by Crippen LogP contribution is 2.34. The lowest BCUT2D eigenvalue weighted by molar-refractivity contribution is -0.148. The van der Waals surface area contributed by atoms with Crippen LogP contribution < -0.4 is 4.90 Å². The van der Waals surface area contributed by atoms with Crippen LogP contribution in [0.1, 0.15) is 25.3 Å². The molecule has 0 unspecified atom stereocenters. The van der Waals surface area contributed by atoms with Crippen molar-refractivity contribution in [2.75, 3.05) is 24.6 Å². The topological polar surface area (TPSA) is 46.8 Å². The molecule has 0 saturated carbocycles. The third-order valence-corrected chi connectivity index (χ3v) is 5.18. The van der Waals surface area contributed by atoms with Crippen molar-refractivity contribution in [3.63, 3.8) is 0 Å². The van der Waals surface area contributed by atoms with Gasteiger partial charge in [0.25, 0.3) is 0 Å². The number of rotatable bonds is 3. The fraction of sp³-hybridized carbons (Fsp3) is 0.400. The van der Waals surface area contributed by atoms with Crippen molar-refractivity contribution < 1.29 is 22.7 Å². The van der Waals surface area contributed by atoms with Gasteiger partial charge in [-0.15, -0.1) is 0 Å². The number of carbonyl (C=O) groups excluding carboxylic acids is 1. The van der Waals surface area contributed by atoms with Gasteiger partial charge < -0.3 is 14.0 Å². The predicted octanol–water partition coefficient (Wildman–Crippen LogP) is 4.29. The van der Waals surface area contributed by atoms with E-state index >= 15 is 0 Å². The molecule has 1 saturated heterocycles. The lowest BCUT2D eigenvalue weighted by Gasteiger charge is -2.32. The number of fused-ring (bicyclic) bond motifs is 3. The molecular formula is C20H20F3N3O2. The molecule has 0 radical (unpaired) electrons. The van der Waals surface area contributed by atoms with E-state index < -0.39 is 11.7 Å². The van der Waals surface area contributed by atoms with Crippen LogP contribution in [0, 0.1) is 5.92 Å². The minimum Gasteiger partial charge on any atom is -0.466 e. The molecule has 1 aromatic carbocycles. The molecule has 2 aromatic heterocycles. The maximum absolute atomic E-state index is 13.1. The monoisotopic (exact) mass is 391 g/mol. The first kappa shape index (κ1) is 18.6. The maximum atomic E-state index is 13.1. The normalized spacial score (nSPS) is 16.1. The molecule has 0 N–H and O–H groups in total. The number of hydrogen-bond donors (Lipinski definition) is 0. The number of anilines is 1. The Labute approximate surface area is 159 Å². The average molecular weight is 391 g/mol. The second kappa shape index (κ2) is 7.00. The van der Waals surface area contributed by atoms with E-state index in [1.54, 1.807) is 23.6 Å². The van der Waals surface area contributed by atoms with Crippen LogP contribution in [-0.4, -0.2) is 35.1 Å². The van der Waals surface area contributed by atoms with Gasteiger partial charge in [-0.2, -0.15) is 13.2 Å². The molecule has 1 fully saturated rings. The second-order valence-electron chi connectivity index (χ2n) is 6.91. The van der Waals surface area contributed by atoms with Gasteiger partial charge in [0.2, 0.25) is 0 Å². The van der Waals surface area contributed by atoms with E-state index in [9.17, 15) is 18.0 Å². The number of carbonyl (C=O) groups is 1. The van der Waals surface area contributed by atoms with E-state index in [4.69, 9.17) is 4.74 Å². The van der Waals surface area contributed by atoms with E-state index in [1.165, 1.54) is 6.07 Å².